The highest BCUT2D eigenvalue weighted by Crippen LogP contribution is 2.41. The van der Waals surface area contributed by atoms with Crippen molar-refractivity contribution in [2.75, 3.05) is 7.05 Å². The van der Waals surface area contributed by atoms with Gasteiger partial charge < -0.3 is 29.6 Å². The summed E-state index contributed by atoms with van der Waals surface area (Å²) in [7, 11) is 3.46. The summed E-state index contributed by atoms with van der Waals surface area (Å²) >= 11 is 0. The van der Waals surface area contributed by atoms with Gasteiger partial charge in [-0.1, -0.05) is 18.2 Å². The molecule has 1 saturated carbocycles. The number of nitrogens with one attached hydrogen (secondary N) is 3. The van der Waals surface area contributed by atoms with E-state index in [1.807, 2.05) is 38.1 Å². The van der Waals surface area contributed by atoms with E-state index in [2.05, 4.69) is 10.3 Å². The molecule has 0 amide bonds. The van der Waals surface area contributed by atoms with Crippen LogP contribution < -0.4 is 21.2 Å². The van der Waals surface area contributed by atoms with E-state index in [1.54, 1.807) is 50.2 Å². The van der Waals surface area contributed by atoms with E-state index in [4.69, 9.17) is 10.1 Å². The Balaban J connectivity index is 1.78. The summed E-state index contributed by atoms with van der Waals surface area (Å²) in [6.07, 6.45) is 7.21. The lowest BCUT2D eigenvalue weighted by molar-refractivity contribution is 0.467. The SMILES string of the molecule is CN/C=C(\C(C)=N)c1cc2c(-c3cc(=O)n(C4CC4)cc3Oc3c(C)cccc3C)cn(C)c(=O)c2[nH]1. The highest BCUT2D eigenvalue weighted by molar-refractivity contribution is 6.21. The van der Waals surface area contributed by atoms with E-state index in [9.17, 15) is 9.59 Å². The molecular formula is C29H31N5O3. The highest BCUT2D eigenvalue weighted by Gasteiger charge is 2.27. The maximum absolute atomic E-state index is 13.2. The molecule has 0 saturated heterocycles. The Morgan fingerprint density at radius 2 is 1.84 bits per heavy atom. The maximum atomic E-state index is 13.2. The van der Waals surface area contributed by atoms with Crippen molar-refractivity contribution in [1.82, 2.24) is 19.4 Å². The van der Waals surface area contributed by atoms with Gasteiger partial charge in [-0.05, 0) is 50.8 Å². The van der Waals surface area contributed by atoms with Gasteiger partial charge in [0.2, 0.25) is 0 Å². The highest BCUT2D eigenvalue weighted by atomic mass is 16.5. The Morgan fingerprint density at radius 3 is 2.46 bits per heavy atom. The number of fused-ring (bicyclic) bond motifs is 1. The summed E-state index contributed by atoms with van der Waals surface area (Å²) < 4.78 is 9.79. The quantitative estimate of drug-likeness (QED) is 0.311. The number of aryl methyl sites for hydroxylation is 3. The first kappa shape index (κ1) is 24.4. The molecule has 3 aromatic heterocycles. The van der Waals surface area contributed by atoms with Crippen LogP contribution in [0.15, 0.2) is 58.5 Å². The Hall–Kier alpha value is -4.33. The minimum Gasteiger partial charge on any atom is -0.455 e. The van der Waals surface area contributed by atoms with Gasteiger partial charge in [0.25, 0.3) is 11.1 Å². The van der Waals surface area contributed by atoms with Crippen molar-refractivity contribution in [3.05, 3.63) is 86.5 Å². The van der Waals surface area contributed by atoms with Gasteiger partial charge in [0, 0.05) is 72.1 Å². The van der Waals surface area contributed by atoms with Crippen molar-refractivity contribution in [1.29, 1.82) is 5.41 Å². The third-order valence-electron chi connectivity index (χ3n) is 6.84. The first-order chi connectivity index (χ1) is 17.7. The molecule has 0 spiro atoms. The fraction of sp³-hybridized carbons (Fsp3) is 0.276. The number of aromatic amines is 1. The smallest absolute Gasteiger partial charge is 0.274 e. The number of ether oxygens (including phenoxy) is 1. The Bertz CT molecular complexity index is 1680. The van der Waals surface area contributed by atoms with Gasteiger partial charge in [-0.3, -0.25) is 9.59 Å². The van der Waals surface area contributed by atoms with Crippen LogP contribution in [0.1, 0.15) is 42.6 Å². The third kappa shape index (κ3) is 4.39. The van der Waals surface area contributed by atoms with Crippen molar-refractivity contribution in [2.24, 2.45) is 7.05 Å². The normalized spacial score (nSPS) is 13.7. The van der Waals surface area contributed by atoms with Crippen molar-refractivity contribution < 1.29 is 4.74 Å². The molecule has 0 atom stereocenters. The number of nitrogens with zero attached hydrogens (tertiary/aromatic N) is 2. The molecule has 0 unspecified atom stereocenters. The van der Waals surface area contributed by atoms with E-state index in [1.165, 1.54) is 4.57 Å². The predicted octanol–water partition coefficient (Wildman–Crippen LogP) is 5.04. The zero-order chi connectivity index (χ0) is 26.4. The zero-order valence-corrected chi connectivity index (χ0v) is 21.7. The average molecular weight is 498 g/mol. The molecule has 1 aliphatic rings. The first-order valence-electron chi connectivity index (χ1n) is 12.4. The van der Waals surface area contributed by atoms with Gasteiger partial charge in [0.1, 0.15) is 11.3 Å². The Kier molecular flexibility index (Phi) is 6.11. The second kappa shape index (κ2) is 9.28. The van der Waals surface area contributed by atoms with Crippen molar-refractivity contribution in [3.8, 4) is 22.6 Å². The lowest BCUT2D eigenvalue weighted by atomic mass is 10.0. The van der Waals surface area contributed by atoms with Gasteiger partial charge in [-0.15, -0.1) is 0 Å². The minimum atomic E-state index is -0.194. The molecule has 3 heterocycles. The maximum Gasteiger partial charge on any atom is 0.274 e. The molecule has 1 aliphatic carbocycles. The molecule has 1 aromatic carbocycles. The van der Waals surface area contributed by atoms with Gasteiger partial charge in [0.05, 0.1) is 6.20 Å². The topological polar surface area (TPSA) is 105 Å². The van der Waals surface area contributed by atoms with Crippen LogP contribution >= 0.6 is 0 Å². The molecule has 5 rings (SSSR count). The molecule has 4 aromatic rings. The average Bonchev–Trinajstić information content (AvgIpc) is 3.60. The van der Waals surface area contributed by atoms with Crippen LogP contribution in [0.2, 0.25) is 0 Å². The molecule has 37 heavy (non-hydrogen) atoms. The Morgan fingerprint density at radius 1 is 1.14 bits per heavy atom. The monoisotopic (exact) mass is 497 g/mol. The molecule has 8 nitrogen and oxygen atoms in total. The first-order valence-corrected chi connectivity index (χ1v) is 12.4. The second-order valence-electron chi connectivity index (χ2n) is 9.75. The summed E-state index contributed by atoms with van der Waals surface area (Å²) in [5, 5.41) is 11.8. The van der Waals surface area contributed by atoms with E-state index in [0.717, 1.165) is 29.7 Å². The number of aromatic nitrogens is 3. The van der Waals surface area contributed by atoms with Crippen molar-refractivity contribution in [2.45, 2.75) is 39.7 Å². The van der Waals surface area contributed by atoms with Crippen molar-refractivity contribution >= 4 is 22.2 Å². The number of benzene rings is 1. The van der Waals surface area contributed by atoms with Gasteiger partial charge in [-0.2, -0.15) is 0 Å². The third-order valence-corrected chi connectivity index (χ3v) is 6.84. The number of hydrogen-bond acceptors (Lipinski definition) is 5. The van der Waals surface area contributed by atoms with E-state index >= 15 is 0 Å². The molecule has 0 aliphatic heterocycles. The zero-order valence-electron chi connectivity index (χ0n) is 21.7. The predicted molar refractivity (Wildman–Crippen MR) is 148 cm³/mol. The Labute approximate surface area is 214 Å². The summed E-state index contributed by atoms with van der Waals surface area (Å²) in [6, 6.07) is 9.64. The minimum absolute atomic E-state index is 0.102. The van der Waals surface area contributed by atoms with E-state index < -0.39 is 0 Å². The van der Waals surface area contributed by atoms with E-state index in [-0.39, 0.29) is 17.2 Å². The summed E-state index contributed by atoms with van der Waals surface area (Å²) in [5.74, 6) is 1.31. The van der Waals surface area contributed by atoms with Crippen LogP contribution in [-0.2, 0) is 7.05 Å². The number of H-pyrrole nitrogens is 1. The number of allylic oxidation sites excluding steroid dienone is 1. The van der Waals surface area contributed by atoms with Crippen LogP contribution in [-0.4, -0.2) is 26.9 Å². The summed E-state index contributed by atoms with van der Waals surface area (Å²) in [6.45, 7) is 5.69. The number of para-hydroxylation sites is 1. The lowest BCUT2D eigenvalue weighted by Crippen LogP contribution is -2.19. The van der Waals surface area contributed by atoms with Gasteiger partial charge >= 0.3 is 0 Å². The molecule has 8 heteroatoms. The van der Waals surface area contributed by atoms with Gasteiger partial charge in [-0.25, -0.2) is 0 Å². The van der Waals surface area contributed by atoms with Gasteiger partial charge in [0.15, 0.2) is 5.75 Å². The fourth-order valence-electron chi connectivity index (χ4n) is 4.75. The summed E-state index contributed by atoms with van der Waals surface area (Å²) in [5.41, 5.74) is 5.05. The van der Waals surface area contributed by atoms with Crippen molar-refractivity contribution in [3.63, 3.8) is 0 Å². The summed E-state index contributed by atoms with van der Waals surface area (Å²) in [4.78, 5) is 29.5. The van der Waals surface area contributed by atoms with Crippen LogP contribution in [0.4, 0.5) is 0 Å². The second-order valence-corrected chi connectivity index (χ2v) is 9.75. The molecule has 1 fully saturated rings. The molecule has 190 valence electrons. The fourth-order valence-corrected chi connectivity index (χ4v) is 4.75. The van der Waals surface area contributed by atoms with E-state index in [0.29, 0.717) is 44.8 Å². The number of hydrogen-bond donors (Lipinski definition) is 3. The lowest BCUT2D eigenvalue weighted by Gasteiger charge is -2.17. The molecule has 0 radical (unpaired) electrons. The number of pyridine rings is 2. The van der Waals surface area contributed by atoms with Crippen LogP contribution in [0.5, 0.6) is 11.5 Å². The van der Waals surface area contributed by atoms with Crippen LogP contribution in [0.3, 0.4) is 0 Å². The largest absolute Gasteiger partial charge is 0.455 e. The molecule has 3 N–H and O–H groups in total. The number of rotatable bonds is 7. The molecule has 0 bridgehead atoms. The van der Waals surface area contributed by atoms with Crippen LogP contribution in [0.25, 0.3) is 27.6 Å². The standard InChI is InChI=1S/C29H31N5O3/c1-16-7-6-8-17(2)28(16)37-25-15-34(19-9-10-19)26(35)12-20(25)23-14-33(5)29(36)27-21(23)11-24(32-27)22(13-31-4)18(3)30/h6-8,11-15,19,30-32H,9-10H2,1-5H3/b22-13+,30-18?. The molecular weight excluding hydrogens is 466 g/mol. The van der Waals surface area contributed by atoms with Crippen LogP contribution in [0, 0.1) is 19.3 Å².